The average molecular weight is 371 g/mol. The maximum absolute atomic E-state index is 12.0. The molecule has 2 aromatic heterocycles. The number of thiophene rings is 1. The van der Waals surface area contributed by atoms with Crippen LogP contribution in [-0.4, -0.2) is 23.3 Å². The number of benzene rings is 1. The molecule has 0 unspecified atom stereocenters. The summed E-state index contributed by atoms with van der Waals surface area (Å²) in [6.45, 7) is 3.86. The second-order valence-electron chi connectivity index (χ2n) is 5.55. The van der Waals surface area contributed by atoms with Crippen LogP contribution in [0.2, 0.25) is 0 Å². The third kappa shape index (κ3) is 4.52. The molecule has 0 aliphatic rings. The fourth-order valence-corrected chi connectivity index (χ4v) is 3.86. The molecular weight excluding hydrogens is 354 g/mol. The minimum atomic E-state index is -0.302. The Balaban J connectivity index is 1.54. The third-order valence-electron chi connectivity index (χ3n) is 3.43. The number of anilines is 1. The van der Waals surface area contributed by atoms with Gasteiger partial charge in [0.15, 0.2) is 5.13 Å². The van der Waals surface area contributed by atoms with E-state index in [0.29, 0.717) is 10.7 Å². The van der Waals surface area contributed by atoms with Gasteiger partial charge in [-0.3, -0.25) is 9.59 Å². The van der Waals surface area contributed by atoms with Crippen LogP contribution in [0.25, 0.3) is 10.6 Å². The van der Waals surface area contributed by atoms with Crippen molar-refractivity contribution in [2.24, 2.45) is 0 Å². The summed E-state index contributed by atoms with van der Waals surface area (Å²) in [5, 5.41) is 7.76. The Morgan fingerprint density at radius 1 is 1.16 bits per heavy atom. The van der Waals surface area contributed by atoms with E-state index in [1.165, 1.54) is 16.2 Å². The number of aromatic nitrogens is 1. The number of aryl methyl sites for hydroxylation is 2. The second-order valence-corrected chi connectivity index (χ2v) is 7.69. The number of hydrogen-bond acceptors (Lipinski definition) is 5. The minimum absolute atomic E-state index is 0.0974. The lowest BCUT2D eigenvalue weighted by atomic mass is 10.1. The van der Waals surface area contributed by atoms with E-state index < -0.39 is 0 Å². The van der Waals surface area contributed by atoms with Crippen LogP contribution in [-0.2, 0) is 4.79 Å². The van der Waals surface area contributed by atoms with Gasteiger partial charge in [0.2, 0.25) is 5.91 Å². The highest BCUT2D eigenvalue weighted by atomic mass is 32.1. The quantitative estimate of drug-likeness (QED) is 0.715. The Bertz CT molecular complexity index is 914. The molecule has 5 nitrogen and oxygen atoms in total. The van der Waals surface area contributed by atoms with E-state index in [9.17, 15) is 9.59 Å². The molecule has 0 aliphatic heterocycles. The summed E-state index contributed by atoms with van der Waals surface area (Å²) in [6.07, 6.45) is 0. The molecule has 7 heteroatoms. The molecular formula is C18H17N3O2S2. The molecule has 0 aliphatic carbocycles. The van der Waals surface area contributed by atoms with E-state index in [1.54, 1.807) is 23.5 Å². The number of amides is 2. The van der Waals surface area contributed by atoms with Gasteiger partial charge in [-0.15, -0.1) is 22.7 Å². The van der Waals surface area contributed by atoms with Crippen LogP contribution >= 0.6 is 22.7 Å². The van der Waals surface area contributed by atoms with Crippen molar-refractivity contribution in [3.63, 3.8) is 0 Å². The first-order valence-electron chi connectivity index (χ1n) is 7.68. The number of carbonyl (C=O) groups excluding carboxylic acids is 2. The van der Waals surface area contributed by atoms with Crippen LogP contribution in [0.3, 0.4) is 0 Å². The molecule has 2 amide bonds. The number of hydrogen-bond donors (Lipinski definition) is 2. The van der Waals surface area contributed by atoms with Crippen LogP contribution in [0, 0.1) is 13.8 Å². The largest absolute Gasteiger partial charge is 0.343 e. The highest BCUT2D eigenvalue weighted by Gasteiger charge is 2.11. The molecule has 0 atom stereocenters. The van der Waals surface area contributed by atoms with Gasteiger partial charge in [0, 0.05) is 15.8 Å². The van der Waals surface area contributed by atoms with Gasteiger partial charge in [0.25, 0.3) is 5.91 Å². The summed E-state index contributed by atoms with van der Waals surface area (Å²) in [5.74, 6) is -0.572. The van der Waals surface area contributed by atoms with Gasteiger partial charge in [-0.25, -0.2) is 4.98 Å². The summed E-state index contributed by atoms with van der Waals surface area (Å²) in [4.78, 5) is 30.8. The number of thiazole rings is 1. The second kappa shape index (κ2) is 7.58. The molecule has 2 N–H and O–H groups in total. The normalized spacial score (nSPS) is 10.5. The zero-order valence-corrected chi connectivity index (χ0v) is 15.5. The van der Waals surface area contributed by atoms with Crippen molar-refractivity contribution < 1.29 is 9.59 Å². The van der Waals surface area contributed by atoms with Gasteiger partial charge in [-0.1, -0.05) is 17.7 Å². The molecule has 0 radical (unpaired) electrons. The summed E-state index contributed by atoms with van der Waals surface area (Å²) in [6, 6.07) is 11.3. The summed E-state index contributed by atoms with van der Waals surface area (Å²) in [5.41, 5.74) is 2.39. The van der Waals surface area contributed by atoms with E-state index in [-0.39, 0.29) is 18.4 Å². The van der Waals surface area contributed by atoms with Crippen molar-refractivity contribution in [2.45, 2.75) is 13.8 Å². The van der Waals surface area contributed by atoms with Gasteiger partial charge in [0.05, 0.1) is 17.1 Å². The van der Waals surface area contributed by atoms with Gasteiger partial charge < -0.3 is 10.6 Å². The van der Waals surface area contributed by atoms with Crippen LogP contribution < -0.4 is 10.6 Å². The van der Waals surface area contributed by atoms with Crippen molar-refractivity contribution in [2.75, 3.05) is 11.9 Å². The first-order valence-corrected chi connectivity index (χ1v) is 9.38. The molecule has 0 fully saturated rings. The van der Waals surface area contributed by atoms with Crippen LogP contribution in [0.5, 0.6) is 0 Å². The van der Waals surface area contributed by atoms with E-state index in [4.69, 9.17) is 0 Å². The average Bonchev–Trinajstić information content (AvgIpc) is 3.21. The lowest BCUT2D eigenvalue weighted by Gasteiger charge is -2.05. The lowest BCUT2D eigenvalue weighted by molar-refractivity contribution is -0.115. The Morgan fingerprint density at radius 2 is 2.00 bits per heavy atom. The zero-order valence-electron chi connectivity index (χ0n) is 13.8. The predicted octanol–water partition coefficient (Wildman–Crippen LogP) is 3.86. The van der Waals surface area contributed by atoms with E-state index in [2.05, 4.69) is 15.6 Å². The molecule has 1 aromatic carbocycles. The summed E-state index contributed by atoms with van der Waals surface area (Å²) in [7, 11) is 0. The number of rotatable bonds is 5. The molecule has 0 saturated carbocycles. The Kier molecular flexibility index (Phi) is 5.25. The van der Waals surface area contributed by atoms with E-state index in [1.807, 2.05) is 43.5 Å². The maximum atomic E-state index is 12.0. The van der Waals surface area contributed by atoms with Crippen LogP contribution in [0.4, 0.5) is 5.13 Å². The fourth-order valence-electron chi connectivity index (χ4n) is 2.23. The SMILES string of the molecule is Cc1cccc(C(=O)NCC(=O)Nc2nc(-c3ccc(C)s3)cs2)c1. The monoisotopic (exact) mass is 371 g/mol. The summed E-state index contributed by atoms with van der Waals surface area (Å²) >= 11 is 3.03. The molecule has 128 valence electrons. The van der Waals surface area contributed by atoms with Crippen molar-refractivity contribution >= 4 is 39.6 Å². The smallest absolute Gasteiger partial charge is 0.251 e. The molecule has 3 rings (SSSR count). The Labute approximate surface area is 153 Å². The first-order chi connectivity index (χ1) is 12.0. The zero-order chi connectivity index (χ0) is 17.8. The topological polar surface area (TPSA) is 71.1 Å². The van der Waals surface area contributed by atoms with Gasteiger partial charge in [-0.2, -0.15) is 0 Å². The van der Waals surface area contributed by atoms with Crippen molar-refractivity contribution in [1.82, 2.24) is 10.3 Å². The summed E-state index contributed by atoms with van der Waals surface area (Å²) < 4.78 is 0. The lowest BCUT2D eigenvalue weighted by Crippen LogP contribution is -2.32. The van der Waals surface area contributed by atoms with Crippen molar-refractivity contribution in [3.8, 4) is 10.6 Å². The third-order valence-corrected chi connectivity index (χ3v) is 5.21. The molecule has 0 saturated heterocycles. The molecule has 2 heterocycles. The Morgan fingerprint density at radius 3 is 2.72 bits per heavy atom. The van der Waals surface area contributed by atoms with Gasteiger partial charge >= 0.3 is 0 Å². The number of nitrogens with one attached hydrogen (secondary N) is 2. The highest BCUT2D eigenvalue weighted by molar-refractivity contribution is 7.17. The van der Waals surface area contributed by atoms with Gasteiger partial charge in [0.1, 0.15) is 0 Å². The molecule has 0 bridgehead atoms. The first kappa shape index (κ1) is 17.3. The molecule has 3 aromatic rings. The molecule has 25 heavy (non-hydrogen) atoms. The standard InChI is InChI=1S/C18H17N3O2S2/c1-11-4-3-5-13(8-11)17(23)19-9-16(22)21-18-20-14(10-24-18)15-7-6-12(2)25-15/h3-8,10H,9H2,1-2H3,(H,19,23)(H,20,21,22). The fraction of sp³-hybridized carbons (Fsp3) is 0.167. The number of nitrogens with zero attached hydrogens (tertiary/aromatic N) is 1. The Hall–Kier alpha value is -2.51. The molecule has 0 spiro atoms. The van der Waals surface area contributed by atoms with Crippen molar-refractivity contribution in [3.05, 3.63) is 57.8 Å². The van der Waals surface area contributed by atoms with Crippen molar-refractivity contribution in [1.29, 1.82) is 0 Å². The maximum Gasteiger partial charge on any atom is 0.251 e. The highest BCUT2D eigenvalue weighted by Crippen LogP contribution is 2.30. The van der Waals surface area contributed by atoms with E-state index >= 15 is 0 Å². The van der Waals surface area contributed by atoms with E-state index in [0.717, 1.165) is 16.1 Å². The minimum Gasteiger partial charge on any atom is -0.343 e. The van der Waals surface area contributed by atoms with Crippen LogP contribution in [0.1, 0.15) is 20.8 Å². The van der Waals surface area contributed by atoms with Gasteiger partial charge in [-0.05, 0) is 38.1 Å². The predicted molar refractivity (Wildman–Crippen MR) is 102 cm³/mol. The van der Waals surface area contributed by atoms with Crippen LogP contribution in [0.15, 0.2) is 41.8 Å². The number of carbonyl (C=O) groups is 2.